The second kappa shape index (κ2) is 12.2. The van der Waals surface area contributed by atoms with Crippen LogP contribution in [0.4, 0.5) is 0 Å². The molecule has 0 saturated carbocycles. The number of aromatic hydroxyl groups is 1. The van der Waals surface area contributed by atoms with E-state index >= 15 is 0 Å². The van der Waals surface area contributed by atoms with E-state index in [-0.39, 0.29) is 11.5 Å². The predicted octanol–water partition coefficient (Wildman–Crippen LogP) is 6.58. The molecule has 0 aliphatic carbocycles. The number of phenols is 1. The summed E-state index contributed by atoms with van der Waals surface area (Å²) in [6, 6.07) is 5.28. The zero-order valence-electron chi connectivity index (χ0n) is 15.1. The maximum absolute atomic E-state index is 12.1. The Morgan fingerprint density at radius 1 is 0.870 bits per heavy atom. The molecule has 1 aromatic carbocycles. The SMILES string of the molecule is CCCCCCCCCCCCCC(=O)c1ccc(C)cc1O. The molecule has 0 aliphatic heterocycles. The summed E-state index contributed by atoms with van der Waals surface area (Å²) in [4.78, 5) is 12.1. The lowest BCUT2D eigenvalue weighted by molar-refractivity contribution is 0.0976. The molecule has 2 heteroatoms. The van der Waals surface area contributed by atoms with E-state index in [0.717, 1.165) is 18.4 Å². The van der Waals surface area contributed by atoms with E-state index in [2.05, 4.69) is 6.92 Å². The summed E-state index contributed by atoms with van der Waals surface area (Å²) < 4.78 is 0. The van der Waals surface area contributed by atoms with Gasteiger partial charge in [0.2, 0.25) is 0 Å². The molecule has 130 valence electrons. The molecule has 1 rings (SSSR count). The van der Waals surface area contributed by atoms with Gasteiger partial charge in [0.05, 0.1) is 5.56 Å². The van der Waals surface area contributed by atoms with E-state index < -0.39 is 0 Å². The standard InChI is InChI=1S/C21H34O2/c1-3-4-5-6-7-8-9-10-11-12-13-14-20(22)19-16-15-18(2)17-21(19)23/h15-17,23H,3-14H2,1-2H3. The van der Waals surface area contributed by atoms with Crippen LogP contribution in [0, 0.1) is 6.92 Å². The highest BCUT2D eigenvalue weighted by atomic mass is 16.3. The second-order valence-electron chi connectivity index (χ2n) is 6.73. The Labute approximate surface area is 142 Å². The third kappa shape index (κ3) is 8.78. The van der Waals surface area contributed by atoms with Gasteiger partial charge in [-0.15, -0.1) is 0 Å². The predicted molar refractivity (Wildman–Crippen MR) is 98.3 cm³/mol. The van der Waals surface area contributed by atoms with E-state index in [1.165, 1.54) is 57.8 Å². The molecule has 0 radical (unpaired) electrons. The molecule has 0 heterocycles. The number of hydrogen-bond acceptors (Lipinski definition) is 2. The van der Waals surface area contributed by atoms with Gasteiger partial charge in [0.1, 0.15) is 5.75 Å². The van der Waals surface area contributed by atoms with Crippen LogP contribution in [0.5, 0.6) is 5.75 Å². The first-order valence-corrected chi connectivity index (χ1v) is 9.48. The maximum Gasteiger partial charge on any atom is 0.166 e. The summed E-state index contributed by atoms with van der Waals surface area (Å²) in [5.74, 6) is 0.191. The number of unbranched alkanes of at least 4 members (excludes halogenated alkanes) is 10. The van der Waals surface area contributed by atoms with Gasteiger partial charge in [0.25, 0.3) is 0 Å². The van der Waals surface area contributed by atoms with E-state index in [9.17, 15) is 9.90 Å². The van der Waals surface area contributed by atoms with Crippen molar-refractivity contribution in [1.82, 2.24) is 0 Å². The van der Waals surface area contributed by atoms with E-state index in [4.69, 9.17) is 0 Å². The molecule has 0 aromatic heterocycles. The summed E-state index contributed by atoms with van der Waals surface area (Å²) in [6.07, 6.45) is 14.7. The van der Waals surface area contributed by atoms with Gasteiger partial charge in [-0.2, -0.15) is 0 Å². The summed E-state index contributed by atoms with van der Waals surface area (Å²) in [7, 11) is 0. The lowest BCUT2D eigenvalue weighted by Gasteiger charge is -2.05. The summed E-state index contributed by atoms with van der Waals surface area (Å²) in [5, 5.41) is 9.82. The van der Waals surface area contributed by atoms with Crippen LogP contribution in [0.25, 0.3) is 0 Å². The molecular weight excluding hydrogens is 284 g/mol. The lowest BCUT2D eigenvalue weighted by atomic mass is 10.0. The average molecular weight is 319 g/mol. The van der Waals surface area contributed by atoms with Crippen molar-refractivity contribution >= 4 is 5.78 Å². The van der Waals surface area contributed by atoms with E-state index in [1.54, 1.807) is 12.1 Å². The molecule has 0 aliphatic rings. The average Bonchev–Trinajstić information content (AvgIpc) is 2.52. The van der Waals surface area contributed by atoms with Crippen LogP contribution in [-0.2, 0) is 0 Å². The highest BCUT2D eigenvalue weighted by Gasteiger charge is 2.10. The normalized spacial score (nSPS) is 10.9. The molecular formula is C21H34O2. The Bertz CT molecular complexity index is 451. The number of ketones is 1. The van der Waals surface area contributed by atoms with Gasteiger partial charge in [-0.05, 0) is 31.0 Å². The summed E-state index contributed by atoms with van der Waals surface area (Å²) in [6.45, 7) is 4.17. The van der Waals surface area contributed by atoms with E-state index in [1.807, 2.05) is 13.0 Å². The third-order valence-electron chi connectivity index (χ3n) is 4.46. The fraction of sp³-hybridized carbons (Fsp3) is 0.667. The molecule has 0 atom stereocenters. The summed E-state index contributed by atoms with van der Waals surface area (Å²) >= 11 is 0. The minimum Gasteiger partial charge on any atom is -0.507 e. The number of hydrogen-bond donors (Lipinski definition) is 1. The summed E-state index contributed by atoms with van der Waals surface area (Å²) in [5.41, 5.74) is 1.46. The van der Waals surface area contributed by atoms with Gasteiger partial charge in [0, 0.05) is 6.42 Å². The minimum atomic E-state index is 0.0680. The fourth-order valence-electron chi connectivity index (χ4n) is 2.96. The Kier molecular flexibility index (Phi) is 10.4. The van der Waals surface area contributed by atoms with Gasteiger partial charge in [-0.3, -0.25) is 4.79 Å². The van der Waals surface area contributed by atoms with Gasteiger partial charge in [0.15, 0.2) is 5.78 Å². The maximum atomic E-state index is 12.1. The number of phenolic OH excluding ortho intramolecular Hbond substituents is 1. The molecule has 1 aromatic rings. The zero-order chi connectivity index (χ0) is 16.9. The van der Waals surface area contributed by atoms with Crippen LogP contribution in [0.2, 0.25) is 0 Å². The molecule has 1 N–H and O–H groups in total. The van der Waals surface area contributed by atoms with Gasteiger partial charge in [-0.1, -0.05) is 77.2 Å². The molecule has 2 nitrogen and oxygen atoms in total. The number of benzene rings is 1. The molecule has 0 saturated heterocycles. The van der Waals surface area contributed by atoms with Crippen LogP contribution in [0.15, 0.2) is 18.2 Å². The lowest BCUT2D eigenvalue weighted by Crippen LogP contribution is -1.99. The van der Waals surface area contributed by atoms with Crippen molar-refractivity contribution in [2.75, 3.05) is 0 Å². The fourth-order valence-corrected chi connectivity index (χ4v) is 2.96. The molecule has 0 spiro atoms. The van der Waals surface area contributed by atoms with Gasteiger partial charge in [-0.25, -0.2) is 0 Å². The monoisotopic (exact) mass is 318 g/mol. The third-order valence-corrected chi connectivity index (χ3v) is 4.46. The number of Topliss-reactive ketones (excluding diaryl/α,β-unsaturated/α-hetero) is 1. The van der Waals surface area contributed by atoms with Crippen molar-refractivity contribution in [3.05, 3.63) is 29.3 Å². The topological polar surface area (TPSA) is 37.3 Å². The number of aryl methyl sites for hydroxylation is 1. The quantitative estimate of drug-likeness (QED) is 0.329. The van der Waals surface area contributed by atoms with Crippen LogP contribution < -0.4 is 0 Å². The smallest absolute Gasteiger partial charge is 0.166 e. The van der Waals surface area contributed by atoms with Gasteiger partial charge >= 0.3 is 0 Å². The Balaban J connectivity index is 2.01. The van der Waals surface area contributed by atoms with Crippen LogP contribution >= 0.6 is 0 Å². The Morgan fingerprint density at radius 2 is 1.39 bits per heavy atom. The molecule has 0 unspecified atom stereocenters. The van der Waals surface area contributed by atoms with Crippen molar-refractivity contribution in [3.8, 4) is 5.75 Å². The second-order valence-corrected chi connectivity index (χ2v) is 6.73. The molecule has 0 amide bonds. The van der Waals surface area contributed by atoms with Crippen molar-refractivity contribution in [1.29, 1.82) is 0 Å². The zero-order valence-corrected chi connectivity index (χ0v) is 15.1. The minimum absolute atomic E-state index is 0.0680. The van der Waals surface area contributed by atoms with Crippen molar-refractivity contribution in [2.45, 2.75) is 90.9 Å². The Morgan fingerprint density at radius 3 is 1.91 bits per heavy atom. The van der Waals surface area contributed by atoms with Crippen LogP contribution in [0.3, 0.4) is 0 Å². The van der Waals surface area contributed by atoms with Crippen LogP contribution in [-0.4, -0.2) is 10.9 Å². The number of carbonyl (C=O) groups is 1. The van der Waals surface area contributed by atoms with Crippen LogP contribution in [0.1, 0.15) is 99.9 Å². The van der Waals surface area contributed by atoms with Crippen molar-refractivity contribution in [2.24, 2.45) is 0 Å². The first kappa shape index (κ1) is 19.7. The highest BCUT2D eigenvalue weighted by molar-refractivity contribution is 5.98. The number of carbonyl (C=O) groups excluding carboxylic acids is 1. The Hall–Kier alpha value is -1.31. The first-order chi connectivity index (χ1) is 11.1. The molecule has 23 heavy (non-hydrogen) atoms. The van der Waals surface area contributed by atoms with Crippen molar-refractivity contribution < 1.29 is 9.90 Å². The molecule has 0 fully saturated rings. The van der Waals surface area contributed by atoms with Gasteiger partial charge < -0.3 is 5.11 Å². The molecule has 0 bridgehead atoms. The highest BCUT2D eigenvalue weighted by Crippen LogP contribution is 2.21. The van der Waals surface area contributed by atoms with Crippen molar-refractivity contribution in [3.63, 3.8) is 0 Å². The first-order valence-electron chi connectivity index (χ1n) is 9.48. The number of rotatable bonds is 13. The van der Waals surface area contributed by atoms with E-state index in [0.29, 0.717) is 12.0 Å². The largest absolute Gasteiger partial charge is 0.507 e.